The minimum absolute atomic E-state index is 0.0374. The molecular weight excluding hydrogens is 468 g/mol. The summed E-state index contributed by atoms with van der Waals surface area (Å²) in [6.07, 6.45) is 12.0. The van der Waals surface area contributed by atoms with E-state index in [0.29, 0.717) is 17.9 Å². The topological polar surface area (TPSA) is 97.4 Å². The largest absolute Gasteiger partial charge is 0.462 e. The van der Waals surface area contributed by atoms with Gasteiger partial charge in [0.05, 0.1) is 22.9 Å². The summed E-state index contributed by atoms with van der Waals surface area (Å²) in [6.45, 7) is 6.76. The number of benzene rings is 2. The molecule has 0 unspecified atom stereocenters. The molecule has 8 nitrogen and oxygen atoms in total. The highest BCUT2D eigenvalue weighted by atomic mass is 16.6. The van der Waals surface area contributed by atoms with Crippen molar-refractivity contribution in [2.24, 2.45) is 10.2 Å². The Morgan fingerprint density at radius 1 is 0.838 bits per heavy atom. The third-order valence-electron chi connectivity index (χ3n) is 6.10. The van der Waals surface area contributed by atoms with Crippen LogP contribution in [0.15, 0.2) is 70.9 Å². The molecule has 0 N–H and O–H groups in total. The van der Waals surface area contributed by atoms with E-state index in [1.807, 2.05) is 24.3 Å². The zero-order chi connectivity index (χ0) is 26.9. The lowest BCUT2D eigenvalue weighted by Crippen LogP contribution is -2.18. The maximum absolute atomic E-state index is 11.3. The Morgan fingerprint density at radius 3 is 1.78 bits per heavy atom. The Balaban J connectivity index is 1.51. The molecule has 0 spiro atoms. The van der Waals surface area contributed by atoms with Crippen molar-refractivity contribution in [3.8, 4) is 0 Å². The molecule has 0 aromatic heterocycles. The summed E-state index contributed by atoms with van der Waals surface area (Å²) in [5.41, 5.74) is 2.95. The molecule has 0 saturated carbocycles. The van der Waals surface area contributed by atoms with Gasteiger partial charge in [0.25, 0.3) is 5.69 Å². The van der Waals surface area contributed by atoms with E-state index in [1.54, 1.807) is 19.1 Å². The van der Waals surface area contributed by atoms with E-state index in [4.69, 9.17) is 4.74 Å². The zero-order valence-corrected chi connectivity index (χ0v) is 22.2. The van der Waals surface area contributed by atoms with E-state index < -0.39 is 4.92 Å². The molecule has 0 amide bonds. The number of nitrogens with zero attached hydrogens (tertiary/aromatic N) is 4. The van der Waals surface area contributed by atoms with Gasteiger partial charge in [-0.3, -0.25) is 10.1 Å². The number of esters is 1. The van der Waals surface area contributed by atoms with Crippen LogP contribution in [-0.2, 0) is 9.53 Å². The van der Waals surface area contributed by atoms with Gasteiger partial charge in [-0.2, -0.15) is 10.2 Å². The van der Waals surface area contributed by atoms with Crippen molar-refractivity contribution in [2.75, 3.05) is 25.1 Å². The highest BCUT2D eigenvalue weighted by Gasteiger charge is 2.04. The summed E-state index contributed by atoms with van der Waals surface area (Å²) in [4.78, 5) is 23.8. The number of anilines is 1. The number of carbonyl (C=O) groups is 1. The average Bonchev–Trinajstić information content (AvgIpc) is 2.90. The number of hydrogen-bond donors (Lipinski definition) is 0. The SMILES string of the molecule is C=C(C)C(=O)OCCCCCCCCCCCCN(C)c1ccc(N=Nc2ccc([N+](=O)[O-])cc2)cc1. The van der Waals surface area contributed by atoms with E-state index in [2.05, 4.69) is 28.8 Å². The van der Waals surface area contributed by atoms with Gasteiger partial charge in [-0.1, -0.05) is 57.9 Å². The van der Waals surface area contributed by atoms with Gasteiger partial charge in [0, 0.05) is 37.0 Å². The van der Waals surface area contributed by atoms with Crippen LogP contribution in [0.2, 0.25) is 0 Å². The lowest BCUT2D eigenvalue weighted by atomic mass is 10.1. The van der Waals surface area contributed by atoms with Crippen LogP contribution in [0, 0.1) is 10.1 Å². The van der Waals surface area contributed by atoms with Crippen molar-refractivity contribution in [3.63, 3.8) is 0 Å². The van der Waals surface area contributed by atoms with Gasteiger partial charge in [-0.25, -0.2) is 4.79 Å². The van der Waals surface area contributed by atoms with E-state index in [-0.39, 0.29) is 11.7 Å². The number of unbranched alkanes of at least 4 members (excludes halogenated alkanes) is 9. The number of hydrogen-bond acceptors (Lipinski definition) is 7. The lowest BCUT2D eigenvalue weighted by molar-refractivity contribution is -0.384. The Labute approximate surface area is 220 Å². The van der Waals surface area contributed by atoms with E-state index in [9.17, 15) is 14.9 Å². The number of non-ortho nitro benzene ring substituents is 1. The minimum Gasteiger partial charge on any atom is -0.462 e. The zero-order valence-electron chi connectivity index (χ0n) is 22.2. The standard InChI is InChI=1S/C29H40N4O4/c1-24(2)29(34)37-23-13-11-9-7-5-4-6-8-10-12-22-32(3)27-18-14-25(15-19-27)30-31-26-16-20-28(21-17-26)33(35)36/h14-21H,1,4-13,22-23H2,2-3H3. The second-order valence-electron chi connectivity index (χ2n) is 9.36. The molecule has 0 aliphatic carbocycles. The molecule has 0 saturated heterocycles. The lowest BCUT2D eigenvalue weighted by Gasteiger charge is -2.19. The van der Waals surface area contributed by atoms with E-state index in [0.717, 1.165) is 30.8 Å². The molecule has 0 bridgehead atoms. The fourth-order valence-electron chi connectivity index (χ4n) is 3.81. The van der Waals surface area contributed by atoms with Crippen LogP contribution in [0.25, 0.3) is 0 Å². The van der Waals surface area contributed by atoms with Gasteiger partial charge < -0.3 is 9.64 Å². The molecule has 0 fully saturated rings. The summed E-state index contributed by atoms with van der Waals surface area (Å²) in [6, 6.07) is 13.9. The van der Waals surface area contributed by atoms with Crippen LogP contribution < -0.4 is 4.90 Å². The van der Waals surface area contributed by atoms with E-state index in [1.165, 1.54) is 63.5 Å². The number of nitro groups is 1. The first-order chi connectivity index (χ1) is 17.9. The Hall–Kier alpha value is -3.55. The van der Waals surface area contributed by atoms with Crippen molar-refractivity contribution in [3.05, 3.63) is 70.8 Å². The molecule has 200 valence electrons. The first kappa shape index (κ1) is 29.7. The first-order valence-electron chi connectivity index (χ1n) is 13.2. The molecular formula is C29H40N4O4. The summed E-state index contributed by atoms with van der Waals surface area (Å²) in [5.74, 6) is -0.287. The van der Waals surface area contributed by atoms with Crippen molar-refractivity contribution >= 4 is 28.7 Å². The molecule has 2 rings (SSSR count). The first-order valence-corrected chi connectivity index (χ1v) is 13.2. The van der Waals surface area contributed by atoms with Crippen LogP contribution >= 0.6 is 0 Å². The molecule has 0 aliphatic heterocycles. The Bertz CT molecular complexity index is 1000. The van der Waals surface area contributed by atoms with Crippen LogP contribution in [-0.4, -0.2) is 31.1 Å². The maximum atomic E-state index is 11.3. The molecule has 0 radical (unpaired) electrons. The fraction of sp³-hybridized carbons (Fsp3) is 0.483. The summed E-state index contributed by atoms with van der Waals surface area (Å²) >= 11 is 0. The summed E-state index contributed by atoms with van der Waals surface area (Å²) < 4.78 is 5.10. The molecule has 2 aromatic rings. The molecule has 8 heteroatoms. The number of carbonyl (C=O) groups excluding carboxylic acids is 1. The number of rotatable bonds is 18. The number of ether oxygens (including phenoxy) is 1. The van der Waals surface area contributed by atoms with Crippen molar-refractivity contribution in [1.29, 1.82) is 0 Å². The van der Waals surface area contributed by atoms with Gasteiger partial charge >= 0.3 is 5.97 Å². The van der Waals surface area contributed by atoms with Crippen LogP contribution in [0.4, 0.5) is 22.7 Å². The molecule has 0 heterocycles. The highest BCUT2D eigenvalue weighted by Crippen LogP contribution is 2.23. The predicted octanol–water partition coefficient (Wildman–Crippen LogP) is 8.47. The molecule has 0 aliphatic rings. The predicted molar refractivity (Wildman–Crippen MR) is 149 cm³/mol. The third kappa shape index (κ3) is 12.3. The quantitative estimate of drug-likeness (QED) is 0.0502. The van der Waals surface area contributed by atoms with E-state index >= 15 is 0 Å². The molecule has 37 heavy (non-hydrogen) atoms. The second kappa shape index (κ2) is 17.0. The number of nitro benzene ring substituents is 1. The van der Waals surface area contributed by atoms with Crippen LogP contribution in [0.5, 0.6) is 0 Å². The average molecular weight is 509 g/mol. The molecule has 0 atom stereocenters. The Morgan fingerprint density at radius 2 is 1.30 bits per heavy atom. The summed E-state index contributed by atoms with van der Waals surface area (Å²) in [7, 11) is 2.10. The third-order valence-corrected chi connectivity index (χ3v) is 6.10. The number of azo groups is 1. The maximum Gasteiger partial charge on any atom is 0.333 e. The smallest absolute Gasteiger partial charge is 0.333 e. The highest BCUT2D eigenvalue weighted by molar-refractivity contribution is 5.86. The Kier molecular flexibility index (Phi) is 13.6. The normalized spacial score (nSPS) is 11.0. The summed E-state index contributed by atoms with van der Waals surface area (Å²) in [5, 5.41) is 19.1. The van der Waals surface area contributed by atoms with Gasteiger partial charge in [-0.15, -0.1) is 0 Å². The van der Waals surface area contributed by atoms with Crippen LogP contribution in [0.1, 0.15) is 71.1 Å². The second-order valence-corrected chi connectivity index (χ2v) is 9.36. The van der Waals surface area contributed by atoms with Crippen molar-refractivity contribution < 1.29 is 14.5 Å². The van der Waals surface area contributed by atoms with Gasteiger partial charge in [0.2, 0.25) is 0 Å². The van der Waals surface area contributed by atoms with Gasteiger partial charge in [-0.05, 0) is 56.2 Å². The van der Waals surface area contributed by atoms with Crippen molar-refractivity contribution in [2.45, 2.75) is 71.1 Å². The fourth-order valence-corrected chi connectivity index (χ4v) is 3.81. The monoisotopic (exact) mass is 508 g/mol. The van der Waals surface area contributed by atoms with Gasteiger partial charge in [0.1, 0.15) is 0 Å². The minimum atomic E-state index is -0.434. The van der Waals surface area contributed by atoms with Crippen molar-refractivity contribution in [1.82, 2.24) is 0 Å². The molecule has 2 aromatic carbocycles. The van der Waals surface area contributed by atoms with Crippen LogP contribution in [0.3, 0.4) is 0 Å². The van der Waals surface area contributed by atoms with Gasteiger partial charge in [0.15, 0.2) is 0 Å².